The lowest BCUT2D eigenvalue weighted by Crippen LogP contribution is -2.46. The van der Waals surface area contributed by atoms with Gasteiger partial charge in [0.25, 0.3) is 0 Å². The van der Waals surface area contributed by atoms with Gasteiger partial charge in [0.15, 0.2) is 0 Å². The number of amides is 1. The summed E-state index contributed by atoms with van der Waals surface area (Å²) in [6, 6.07) is 0.00985. The van der Waals surface area contributed by atoms with E-state index < -0.39 is 0 Å². The second-order valence-corrected chi connectivity index (χ2v) is 4.42. The van der Waals surface area contributed by atoms with Crippen LogP contribution in [0.25, 0.3) is 0 Å². The van der Waals surface area contributed by atoms with Gasteiger partial charge in [-0.25, -0.2) is 0 Å². The molecule has 1 rings (SSSR count). The minimum atomic E-state index is 0.00985. The second kappa shape index (κ2) is 5.99. The molecule has 1 atom stereocenters. The molecule has 16 heavy (non-hydrogen) atoms. The third-order valence-corrected chi connectivity index (χ3v) is 3.51. The zero-order valence-electron chi connectivity index (χ0n) is 10.5. The van der Waals surface area contributed by atoms with Crippen molar-refractivity contribution < 1.29 is 9.59 Å². The van der Waals surface area contributed by atoms with Crippen molar-refractivity contribution in [3.63, 3.8) is 0 Å². The van der Waals surface area contributed by atoms with Gasteiger partial charge in [-0.05, 0) is 32.9 Å². The molecule has 0 aliphatic carbocycles. The fourth-order valence-electron chi connectivity index (χ4n) is 2.25. The van der Waals surface area contributed by atoms with Gasteiger partial charge in [-0.1, -0.05) is 6.92 Å². The summed E-state index contributed by atoms with van der Waals surface area (Å²) >= 11 is 0. The number of rotatable bonds is 4. The molecule has 0 bridgehead atoms. The molecule has 92 valence electrons. The molecule has 0 radical (unpaired) electrons. The van der Waals surface area contributed by atoms with Crippen molar-refractivity contribution in [2.45, 2.75) is 39.2 Å². The predicted octanol–water partition coefficient (Wildman–Crippen LogP) is 0.812. The van der Waals surface area contributed by atoms with Gasteiger partial charge >= 0.3 is 0 Å². The van der Waals surface area contributed by atoms with E-state index in [1.54, 1.807) is 7.05 Å². The summed E-state index contributed by atoms with van der Waals surface area (Å²) in [5, 5.41) is 2.69. The average molecular weight is 226 g/mol. The molecule has 1 aliphatic rings. The van der Waals surface area contributed by atoms with E-state index in [0.29, 0.717) is 12.2 Å². The number of piperidine rings is 1. The normalized spacial score (nSPS) is 20.4. The van der Waals surface area contributed by atoms with E-state index in [0.717, 1.165) is 25.9 Å². The van der Waals surface area contributed by atoms with Crippen LogP contribution in [0, 0.1) is 5.92 Å². The lowest BCUT2D eigenvalue weighted by Gasteiger charge is -2.34. The number of hydrogen-bond donors (Lipinski definition) is 1. The topological polar surface area (TPSA) is 49.4 Å². The van der Waals surface area contributed by atoms with Crippen molar-refractivity contribution >= 4 is 11.7 Å². The molecule has 0 aromatic rings. The summed E-state index contributed by atoms with van der Waals surface area (Å²) < 4.78 is 0. The molecule has 1 N–H and O–H groups in total. The van der Waals surface area contributed by atoms with Crippen molar-refractivity contribution in [2.75, 3.05) is 20.1 Å². The Morgan fingerprint density at radius 3 is 2.38 bits per heavy atom. The molecule has 0 spiro atoms. The summed E-state index contributed by atoms with van der Waals surface area (Å²) in [7, 11) is 1.68. The largest absolute Gasteiger partial charge is 0.359 e. The van der Waals surface area contributed by atoms with Gasteiger partial charge in [0.05, 0.1) is 6.04 Å². The molecule has 0 aromatic carbocycles. The lowest BCUT2D eigenvalue weighted by atomic mass is 9.94. The third kappa shape index (κ3) is 3.04. The van der Waals surface area contributed by atoms with Crippen molar-refractivity contribution in [2.24, 2.45) is 5.92 Å². The summed E-state index contributed by atoms with van der Waals surface area (Å²) in [6.07, 6.45) is 2.32. The Morgan fingerprint density at radius 1 is 1.38 bits per heavy atom. The van der Waals surface area contributed by atoms with Crippen molar-refractivity contribution in [3.8, 4) is 0 Å². The Bertz CT molecular complexity index is 258. The number of nitrogens with one attached hydrogen (secondary N) is 1. The van der Waals surface area contributed by atoms with Crippen LogP contribution in [-0.4, -0.2) is 42.8 Å². The highest BCUT2D eigenvalue weighted by atomic mass is 16.1. The first-order valence-electron chi connectivity index (χ1n) is 6.08. The highest BCUT2D eigenvalue weighted by molar-refractivity contribution is 5.83. The summed E-state index contributed by atoms with van der Waals surface area (Å²) in [6.45, 7) is 5.57. The first-order chi connectivity index (χ1) is 7.60. The van der Waals surface area contributed by atoms with E-state index in [9.17, 15) is 9.59 Å². The molecule has 1 aliphatic heterocycles. The SMILES string of the molecule is CCC(=O)C(C)N1CCC(C(=O)NC)CC1. The second-order valence-electron chi connectivity index (χ2n) is 4.42. The Morgan fingerprint density at radius 2 is 1.94 bits per heavy atom. The molecular weight excluding hydrogens is 204 g/mol. The van der Waals surface area contributed by atoms with E-state index in [-0.39, 0.29) is 17.9 Å². The average Bonchev–Trinajstić information content (AvgIpc) is 2.36. The molecule has 1 unspecified atom stereocenters. The Hall–Kier alpha value is -0.900. The van der Waals surface area contributed by atoms with E-state index in [4.69, 9.17) is 0 Å². The molecule has 0 aromatic heterocycles. The first-order valence-corrected chi connectivity index (χ1v) is 6.08. The molecule has 1 amide bonds. The maximum Gasteiger partial charge on any atom is 0.222 e. The van der Waals surface area contributed by atoms with Crippen LogP contribution in [0.1, 0.15) is 33.1 Å². The summed E-state index contributed by atoms with van der Waals surface area (Å²) in [5.74, 6) is 0.553. The smallest absolute Gasteiger partial charge is 0.222 e. The van der Waals surface area contributed by atoms with Crippen LogP contribution >= 0.6 is 0 Å². The maximum atomic E-state index is 11.6. The third-order valence-electron chi connectivity index (χ3n) is 3.51. The van der Waals surface area contributed by atoms with E-state index >= 15 is 0 Å². The minimum absolute atomic E-state index is 0.00985. The zero-order valence-corrected chi connectivity index (χ0v) is 10.5. The van der Waals surface area contributed by atoms with E-state index in [1.807, 2.05) is 13.8 Å². The number of Topliss-reactive ketones (excluding diaryl/α,β-unsaturated/α-hetero) is 1. The number of carbonyl (C=O) groups is 2. The van der Waals surface area contributed by atoms with Gasteiger partial charge in [0, 0.05) is 19.4 Å². The number of ketones is 1. The van der Waals surface area contributed by atoms with E-state index in [2.05, 4.69) is 10.2 Å². The fraction of sp³-hybridized carbons (Fsp3) is 0.833. The highest BCUT2D eigenvalue weighted by Gasteiger charge is 2.28. The van der Waals surface area contributed by atoms with Crippen LogP contribution < -0.4 is 5.32 Å². The molecule has 1 fully saturated rings. The Labute approximate surface area is 97.4 Å². The van der Waals surface area contributed by atoms with Gasteiger partial charge in [0.1, 0.15) is 5.78 Å². The highest BCUT2D eigenvalue weighted by Crippen LogP contribution is 2.19. The Balaban J connectivity index is 2.42. The van der Waals surface area contributed by atoms with Gasteiger partial charge in [-0.3, -0.25) is 14.5 Å². The summed E-state index contributed by atoms with van der Waals surface area (Å²) in [5.41, 5.74) is 0. The molecule has 1 saturated heterocycles. The molecule has 1 heterocycles. The van der Waals surface area contributed by atoms with Crippen LogP contribution in [0.15, 0.2) is 0 Å². The first kappa shape index (κ1) is 13.2. The Kier molecular flexibility index (Phi) is 4.93. The molecule has 4 nitrogen and oxygen atoms in total. The maximum absolute atomic E-state index is 11.6. The predicted molar refractivity (Wildman–Crippen MR) is 63.1 cm³/mol. The van der Waals surface area contributed by atoms with E-state index in [1.165, 1.54) is 0 Å². The van der Waals surface area contributed by atoms with Gasteiger partial charge in [0.2, 0.25) is 5.91 Å². The number of carbonyl (C=O) groups excluding carboxylic acids is 2. The number of nitrogens with zero attached hydrogens (tertiary/aromatic N) is 1. The van der Waals surface area contributed by atoms with Crippen molar-refractivity contribution in [3.05, 3.63) is 0 Å². The minimum Gasteiger partial charge on any atom is -0.359 e. The number of hydrogen-bond acceptors (Lipinski definition) is 3. The van der Waals surface area contributed by atoms with Crippen LogP contribution in [0.3, 0.4) is 0 Å². The van der Waals surface area contributed by atoms with Crippen LogP contribution in [0.2, 0.25) is 0 Å². The molecule has 0 saturated carbocycles. The van der Waals surface area contributed by atoms with Gasteiger partial charge in [-0.15, -0.1) is 0 Å². The van der Waals surface area contributed by atoms with Crippen molar-refractivity contribution in [1.82, 2.24) is 10.2 Å². The van der Waals surface area contributed by atoms with Gasteiger partial charge < -0.3 is 5.32 Å². The zero-order chi connectivity index (χ0) is 12.1. The standard InChI is InChI=1S/C12H22N2O2/c1-4-11(15)9(2)14-7-5-10(6-8-14)12(16)13-3/h9-10H,4-8H2,1-3H3,(H,13,16). The quantitative estimate of drug-likeness (QED) is 0.772. The number of likely N-dealkylation sites (tertiary alicyclic amines) is 1. The fourth-order valence-corrected chi connectivity index (χ4v) is 2.25. The van der Waals surface area contributed by atoms with Crippen LogP contribution in [0.4, 0.5) is 0 Å². The van der Waals surface area contributed by atoms with Gasteiger partial charge in [-0.2, -0.15) is 0 Å². The molecule has 4 heteroatoms. The lowest BCUT2D eigenvalue weighted by molar-refractivity contribution is -0.127. The van der Waals surface area contributed by atoms with Crippen LogP contribution in [0.5, 0.6) is 0 Å². The van der Waals surface area contributed by atoms with Crippen LogP contribution in [-0.2, 0) is 9.59 Å². The summed E-state index contributed by atoms with van der Waals surface area (Å²) in [4.78, 5) is 25.2. The molecular formula is C12H22N2O2. The monoisotopic (exact) mass is 226 g/mol. The van der Waals surface area contributed by atoms with Crippen molar-refractivity contribution in [1.29, 1.82) is 0 Å².